The Morgan fingerprint density at radius 3 is 2.88 bits per heavy atom. The van der Waals surface area contributed by atoms with Crippen molar-refractivity contribution in [3.05, 3.63) is 26.6 Å². The van der Waals surface area contributed by atoms with Gasteiger partial charge in [-0.25, -0.2) is 9.97 Å². The maximum absolute atomic E-state index is 5.95. The molecular formula is C9H9Cl2N3S2. The van der Waals surface area contributed by atoms with E-state index in [1.165, 1.54) is 11.3 Å². The van der Waals surface area contributed by atoms with Crippen molar-refractivity contribution < 1.29 is 0 Å². The average Bonchev–Trinajstić information content (AvgIpc) is 2.87. The summed E-state index contributed by atoms with van der Waals surface area (Å²) in [6.07, 6.45) is 0. The molecule has 2 aromatic rings. The van der Waals surface area contributed by atoms with Crippen LogP contribution in [0.1, 0.15) is 10.6 Å². The number of alkyl halides is 1. The summed E-state index contributed by atoms with van der Waals surface area (Å²) in [5.74, 6) is 0.404. The minimum Gasteiger partial charge on any atom is -0.345 e. The number of anilines is 1. The molecule has 0 saturated heterocycles. The molecule has 0 spiro atoms. The Balaban J connectivity index is 2.11. The Hall–Kier alpha value is -0.360. The maximum atomic E-state index is 5.95. The van der Waals surface area contributed by atoms with Crippen molar-refractivity contribution in [3.8, 4) is 0 Å². The van der Waals surface area contributed by atoms with Crippen molar-refractivity contribution in [2.24, 2.45) is 0 Å². The minimum absolute atomic E-state index is 0.404. The quantitative estimate of drug-likeness (QED) is 0.806. The topological polar surface area (TPSA) is 29.0 Å². The molecule has 16 heavy (non-hydrogen) atoms. The molecule has 2 rings (SSSR count). The molecule has 0 aliphatic carbocycles. The summed E-state index contributed by atoms with van der Waals surface area (Å²) in [5, 5.41) is 3.39. The van der Waals surface area contributed by atoms with E-state index in [0.717, 1.165) is 22.2 Å². The zero-order valence-electron chi connectivity index (χ0n) is 8.48. The predicted octanol–water partition coefficient (Wildman–Crippen LogP) is 3.63. The second-order valence-electron chi connectivity index (χ2n) is 3.18. The van der Waals surface area contributed by atoms with Gasteiger partial charge in [-0.3, -0.25) is 0 Å². The van der Waals surface area contributed by atoms with Crippen molar-refractivity contribution in [2.45, 2.75) is 12.4 Å². The largest absolute Gasteiger partial charge is 0.345 e. The highest BCUT2D eigenvalue weighted by Gasteiger charge is 2.12. The minimum atomic E-state index is 0.404. The Morgan fingerprint density at radius 1 is 1.50 bits per heavy atom. The van der Waals surface area contributed by atoms with E-state index in [-0.39, 0.29) is 0 Å². The van der Waals surface area contributed by atoms with Crippen molar-refractivity contribution in [3.63, 3.8) is 0 Å². The fraction of sp³-hybridized carbons (Fsp3) is 0.333. The molecule has 2 heterocycles. The van der Waals surface area contributed by atoms with Crippen LogP contribution in [0.4, 0.5) is 5.13 Å². The average molecular weight is 294 g/mol. The summed E-state index contributed by atoms with van der Waals surface area (Å²) in [7, 11) is 1.96. The molecule has 7 heteroatoms. The van der Waals surface area contributed by atoms with E-state index in [9.17, 15) is 0 Å². The zero-order valence-corrected chi connectivity index (χ0v) is 11.6. The van der Waals surface area contributed by atoms with Crippen molar-refractivity contribution in [2.75, 3.05) is 11.9 Å². The normalized spacial score (nSPS) is 10.7. The number of nitrogens with zero attached hydrogens (tertiary/aromatic N) is 3. The van der Waals surface area contributed by atoms with E-state index >= 15 is 0 Å². The van der Waals surface area contributed by atoms with Crippen molar-refractivity contribution in [1.29, 1.82) is 0 Å². The van der Waals surface area contributed by atoms with Crippen LogP contribution in [-0.4, -0.2) is 17.0 Å². The first-order chi connectivity index (χ1) is 7.70. The van der Waals surface area contributed by atoms with Gasteiger partial charge in [0.05, 0.1) is 28.5 Å². The molecule has 0 aromatic carbocycles. The maximum Gasteiger partial charge on any atom is 0.187 e. The molecule has 0 atom stereocenters. The summed E-state index contributed by atoms with van der Waals surface area (Å²) < 4.78 is 0. The summed E-state index contributed by atoms with van der Waals surface area (Å²) in [4.78, 5) is 11.4. The molecule has 2 aromatic heterocycles. The number of aromatic nitrogens is 2. The third kappa shape index (κ3) is 2.66. The summed E-state index contributed by atoms with van der Waals surface area (Å²) >= 11 is 14.8. The standard InChI is InChI=1S/C9H9Cl2N3S2/c1-14(3-6-4-15-5-12-6)9-13-8(11)7(2-10)16-9/h4-5H,2-3H2,1H3. The number of hydrogen-bond donors (Lipinski definition) is 0. The van der Waals surface area contributed by atoms with E-state index in [1.807, 2.05) is 22.8 Å². The van der Waals surface area contributed by atoms with Crippen LogP contribution in [0.3, 0.4) is 0 Å². The van der Waals surface area contributed by atoms with Gasteiger partial charge in [-0.05, 0) is 0 Å². The van der Waals surface area contributed by atoms with Gasteiger partial charge in [-0.15, -0.1) is 22.9 Å². The lowest BCUT2D eigenvalue weighted by atomic mass is 10.5. The first-order valence-electron chi connectivity index (χ1n) is 4.50. The van der Waals surface area contributed by atoms with Gasteiger partial charge >= 0.3 is 0 Å². The summed E-state index contributed by atoms with van der Waals surface area (Å²) in [5.41, 5.74) is 2.86. The van der Waals surface area contributed by atoms with Crippen LogP contribution >= 0.6 is 45.9 Å². The van der Waals surface area contributed by atoms with Gasteiger partial charge in [0.25, 0.3) is 0 Å². The molecular weight excluding hydrogens is 285 g/mol. The number of rotatable bonds is 4. The Morgan fingerprint density at radius 2 is 2.31 bits per heavy atom. The number of hydrogen-bond acceptors (Lipinski definition) is 5. The van der Waals surface area contributed by atoms with Crippen LogP contribution < -0.4 is 4.90 Å². The monoisotopic (exact) mass is 293 g/mol. The molecule has 0 amide bonds. The fourth-order valence-corrected chi connectivity index (χ4v) is 3.18. The predicted molar refractivity (Wildman–Crippen MR) is 70.9 cm³/mol. The summed E-state index contributed by atoms with van der Waals surface area (Å²) in [6, 6.07) is 0. The van der Waals surface area contributed by atoms with Gasteiger partial charge in [-0.1, -0.05) is 22.9 Å². The first-order valence-corrected chi connectivity index (χ1v) is 7.17. The van der Waals surface area contributed by atoms with Crippen molar-refractivity contribution >= 4 is 51.0 Å². The van der Waals surface area contributed by atoms with E-state index in [0.29, 0.717) is 11.0 Å². The van der Waals surface area contributed by atoms with Crippen LogP contribution in [0.15, 0.2) is 10.9 Å². The number of thiazole rings is 2. The zero-order chi connectivity index (χ0) is 11.5. The summed E-state index contributed by atoms with van der Waals surface area (Å²) in [6.45, 7) is 0.731. The lowest BCUT2D eigenvalue weighted by molar-refractivity contribution is 0.888. The number of halogens is 2. The highest BCUT2D eigenvalue weighted by atomic mass is 35.5. The van der Waals surface area contributed by atoms with Gasteiger partial charge in [0, 0.05) is 12.4 Å². The molecule has 0 aliphatic heterocycles. The highest BCUT2D eigenvalue weighted by Crippen LogP contribution is 2.30. The second-order valence-corrected chi connectivity index (χ2v) is 5.59. The molecule has 0 bridgehead atoms. The van der Waals surface area contributed by atoms with Crippen LogP contribution in [0, 0.1) is 0 Å². The smallest absolute Gasteiger partial charge is 0.187 e. The highest BCUT2D eigenvalue weighted by molar-refractivity contribution is 7.16. The van der Waals surface area contributed by atoms with Crippen LogP contribution in [0.25, 0.3) is 0 Å². The van der Waals surface area contributed by atoms with Crippen LogP contribution in [0.5, 0.6) is 0 Å². The van der Waals surface area contributed by atoms with Gasteiger partial charge in [-0.2, -0.15) is 0 Å². The van der Waals surface area contributed by atoms with E-state index < -0.39 is 0 Å². The lowest BCUT2D eigenvalue weighted by Gasteiger charge is -2.13. The Labute approximate surface area is 112 Å². The lowest BCUT2D eigenvalue weighted by Crippen LogP contribution is -2.16. The van der Waals surface area contributed by atoms with E-state index in [2.05, 4.69) is 9.97 Å². The SMILES string of the molecule is CN(Cc1cscn1)c1nc(Cl)c(CCl)s1. The van der Waals surface area contributed by atoms with E-state index in [1.54, 1.807) is 11.3 Å². The van der Waals surface area contributed by atoms with E-state index in [4.69, 9.17) is 23.2 Å². The fourth-order valence-electron chi connectivity index (χ4n) is 1.19. The third-order valence-electron chi connectivity index (χ3n) is 1.97. The Kier molecular flexibility index (Phi) is 4.02. The third-order valence-corrected chi connectivity index (χ3v) is 4.62. The van der Waals surface area contributed by atoms with Crippen molar-refractivity contribution in [1.82, 2.24) is 9.97 Å². The van der Waals surface area contributed by atoms with Crippen LogP contribution in [-0.2, 0) is 12.4 Å². The molecule has 0 fully saturated rings. The Bertz CT molecular complexity index is 455. The second kappa shape index (κ2) is 5.31. The molecule has 86 valence electrons. The molecule has 0 radical (unpaired) electrons. The van der Waals surface area contributed by atoms with Crippen LogP contribution in [0.2, 0.25) is 5.15 Å². The van der Waals surface area contributed by atoms with Gasteiger partial charge in [0.1, 0.15) is 5.15 Å². The van der Waals surface area contributed by atoms with Gasteiger partial charge < -0.3 is 4.90 Å². The van der Waals surface area contributed by atoms with Gasteiger partial charge in [0.2, 0.25) is 0 Å². The first kappa shape index (κ1) is 12.1. The molecule has 0 unspecified atom stereocenters. The van der Waals surface area contributed by atoms with Gasteiger partial charge in [0.15, 0.2) is 5.13 Å². The molecule has 3 nitrogen and oxygen atoms in total. The molecule has 0 aliphatic rings. The molecule has 0 N–H and O–H groups in total. The molecule has 0 saturated carbocycles.